The van der Waals surface area contributed by atoms with E-state index in [0.29, 0.717) is 0 Å². The van der Waals surface area contributed by atoms with Crippen molar-refractivity contribution in [2.75, 3.05) is 0 Å². The average Bonchev–Trinajstić information content (AvgIpc) is 2.24. The monoisotopic (exact) mass is 266 g/mol. The summed E-state index contributed by atoms with van der Waals surface area (Å²) in [4.78, 5) is 0.126. The summed E-state index contributed by atoms with van der Waals surface area (Å²) in [6, 6.07) is 0. The van der Waals surface area contributed by atoms with Gasteiger partial charge in [-0.3, -0.25) is 0 Å². The predicted octanol–water partition coefficient (Wildman–Crippen LogP) is 5.98. The molecule has 2 heteroatoms. The van der Waals surface area contributed by atoms with E-state index in [-0.39, 0.29) is 14.8 Å². The van der Waals surface area contributed by atoms with Gasteiger partial charge in [0.1, 0.15) is 0 Å². The lowest BCUT2D eigenvalue weighted by Crippen LogP contribution is -2.21. The Bertz CT molecular complexity index is 129. The highest BCUT2D eigenvalue weighted by Crippen LogP contribution is 2.34. The quantitative estimate of drug-likeness (QED) is 0.259. The molecule has 0 aromatic rings. The van der Waals surface area contributed by atoms with Gasteiger partial charge in [0.25, 0.3) is 0 Å². The van der Waals surface area contributed by atoms with Gasteiger partial charge in [0.05, 0.1) is 0 Å². The highest BCUT2D eigenvalue weighted by Gasteiger charge is 2.24. The Labute approximate surface area is 112 Å². The van der Waals surface area contributed by atoms with Crippen molar-refractivity contribution in [1.29, 1.82) is 0 Å². The second-order valence-electron chi connectivity index (χ2n) is 4.82. The van der Waals surface area contributed by atoms with Gasteiger partial charge in [-0.2, -0.15) is 9.90 Å². The van der Waals surface area contributed by atoms with E-state index in [1.165, 1.54) is 64.2 Å². The molecule has 0 aliphatic heterocycles. The summed E-state index contributed by atoms with van der Waals surface area (Å²) >= 11 is 6.73. The Kier molecular flexibility index (Phi) is 14.5. The van der Waals surface area contributed by atoms with Crippen LogP contribution in [0.4, 0.5) is 0 Å². The third-order valence-corrected chi connectivity index (χ3v) is 3.75. The lowest BCUT2D eigenvalue weighted by molar-refractivity contribution is 0.412. The maximum atomic E-state index is 6.73. The Morgan fingerprint density at radius 2 is 1.06 bits per heavy atom. The molecule has 0 spiro atoms. The largest absolute Gasteiger partial charge is 0.153 e. The lowest BCUT2D eigenvalue weighted by Gasteiger charge is -2.27. The van der Waals surface area contributed by atoms with Crippen molar-refractivity contribution in [3.8, 4) is 0 Å². The summed E-state index contributed by atoms with van der Waals surface area (Å²) in [5.41, 5.74) is 0. The van der Waals surface area contributed by atoms with Gasteiger partial charge in [-0.1, -0.05) is 65.7 Å². The molecule has 0 saturated carbocycles. The fraction of sp³-hybridized carbons (Fsp3) is 1.00. The molecule has 0 aromatic heterocycles. The molecule has 1 unspecified atom stereocenters. The minimum Gasteiger partial charge on any atom is -0.153 e. The van der Waals surface area contributed by atoms with Crippen LogP contribution in [0.3, 0.4) is 0 Å². The molecule has 0 heterocycles. The Hall–Kier alpha value is 0.720. The average molecular weight is 267 g/mol. The molecule has 0 saturated heterocycles. The first-order chi connectivity index (χ1) is 7.18. The molecular formula is C14H32ClP. The highest BCUT2D eigenvalue weighted by atomic mass is 35.5. The molecule has 0 rings (SSSR count). The van der Waals surface area contributed by atoms with Crippen LogP contribution in [0.1, 0.15) is 85.0 Å². The van der Waals surface area contributed by atoms with Crippen molar-refractivity contribution >= 4 is 21.5 Å². The normalized spacial score (nSPS) is 11.2. The molecule has 100 valence electrons. The number of hydrogen-bond donors (Lipinski definition) is 0. The fourth-order valence-corrected chi connectivity index (χ4v) is 2.45. The third-order valence-electron chi connectivity index (χ3n) is 3.19. The topological polar surface area (TPSA) is 0 Å². The van der Waals surface area contributed by atoms with Gasteiger partial charge in [-0.05, 0) is 19.3 Å². The minimum absolute atomic E-state index is 0. The zero-order valence-electron chi connectivity index (χ0n) is 11.7. The minimum atomic E-state index is 0. The molecule has 0 bridgehead atoms. The molecule has 0 aliphatic rings. The van der Waals surface area contributed by atoms with Gasteiger partial charge in [0.2, 0.25) is 0 Å². The molecule has 1 atom stereocenters. The smallest absolute Gasteiger partial charge is 0.0446 e. The molecule has 0 aromatic carbocycles. The van der Waals surface area contributed by atoms with E-state index in [4.69, 9.17) is 11.6 Å². The number of unbranched alkanes of at least 4 members (excludes halogenated alkanes) is 4. The molecule has 0 N–H and O–H groups in total. The molecule has 16 heavy (non-hydrogen) atoms. The van der Waals surface area contributed by atoms with Gasteiger partial charge in [0, 0.05) is 4.87 Å². The summed E-state index contributed by atoms with van der Waals surface area (Å²) in [7, 11) is 0. The van der Waals surface area contributed by atoms with Gasteiger partial charge >= 0.3 is 0 Å². The summed E-state index contributed by atoms with van der Waals surface area (Å²) in [6.45, 7) is 6.76. The van der Waals surface area contributed by atoms with Gasteiger partial charge in [-0.15, -0.1) is 11.6 Å². The maximum absolute atomic E-state index is 6.73. The molecule has 0 nitrogen and oxygen atoms in total. The maximum Gasteiger partial charge on any atom is 0.0446 e. The standard InChI is InChI=1S/C14H29Cl.H3P/c1-4-7-10-13-14(15,11-8-5-2)12-9-6-3;/h4-13H2,1-3H3;1H3. The SMILES string of the molecule is CCCCCC(Cl)(CCCC)CCCC.P. The van der Waals surface area contributed by atoms with Crippen LogP contribution in [0.25, 0.3) is 0 Å². The van der Waals surface area contributed by atoms with E-state index < -0.39 is 0 Å². The molecule has 0 radical (unpaired) electrons. The molecule has 0 fully saturated rings. The molecular weight excluding hydrogens is 235 g/mol. The van der Waals surface area contributed by atoms with E-state index in [0.717, 1.165) is 0 Å². The van der Waals surface area contributed by atoms with Crippen LogP contribution in [0.5, 0.6) is 0 Å². The van der Waals surface area contributed by atoms with Gasteiger partial charge in [0.15, 0.2) is 0 Å². The predicted molar refractivity (Wildman–Crippen MR) is 82.9 cm³/mol. The third kappa shape index (κ3) is 9.91. The summed E-state index contributed by atoms with van der Waals surface area (Å²) < 4.78 is 0. The van der Waals surface area contributed by atoms with Crippen molar-refractivity contribution in [3.05, 3.63) is 0 Å². The van der Waals surface area contributed by atoms with Crippen LogP contribution in [0.2, 0.25) is 0 Å². The second kappa shape index (κ2) is 12.2. The van der Waals surface area contributed by atoms with Crippen LogP contribution in [-0.4, -0.2) is 4.87 Å². The lowest BCUT2D eigenvalue weighted by atomic mass is 9.90. The number of alkyl halides is 1. The number of hydrogen-bond acceptors (Lipinski definition) is 0. The van der Waals surface area contributed by atoms with E-state index >= 15 is 0 Å². The van der Waals surface area contributed by atoms with Crippen LogP contribution in [-0.2, 0) is 0 Å². The van der Waals surface area contributed by atoms with Crippen molar-refractivity contribution in [3.63, 3.8) is 0 Å². The van der Waals surface area contributed by atoms with E-state index in [2.05, 4.69) is 20.8 Å². The van der Waals surface area contributed by atoms with Crippen molar-refractivity contribution < 1.29 is 0 Å². The van der Waals surface area contributed by atoms with E-state index in [9.17, 15) is 0 Å². The zero-order chi connectivity index (χ0) is 11.6. The van der Waals surface area contributed by atoms with Crippen LogP contribution < -0.4 is 0 Å². The molecule has 0 aliphatic carbocycles. The van der Waals surface area contributed by atoms with Gasteiger partial charge < -0.3 is 0 Å². The zero-order valence-corrected chi connectivity index (χ0v) is 13.8. The second-order valence-corrected chi connectivity index (χ2v) is 5.62. The number of rotatable bonds is 10. The van der Waals surface area contributed by atoms with Crippen molar-refractivity contribution in [2.24, 2.45) is 0 Å². The van der Waals surface area contributed by atoms with Crippen LogP contribution in [0, 0.1) is 0 Å². The van der Waals surface area contributed by atoms with Crippen molar-refractivity contribution in [1.82, 2.24) is 0 Å². The number of halogens is 1. The van der Waals surface area contributed by atoms with Crippen LogP contribution in [0.15, 0.2) is 0 Å². The first kappa shape index (κ1) is 19.1. The van der Waals surface area contributed by atoms with Crippen LogP contribution >= 0.6 is 21.5 Å². The fourth-order valence-electron chi connectivity index (χ4n) is 2.05. The Morgan fingerprint density at radius 1 is 0.688 bits per heavy atom. The first-order valence-corrected chi connectivity index (χ1v) is 7.25. The Morgan fingerprint density at radius 3 is 1.44 bits per heavy atom. The summed E-state index contributed by atoms with van der Waals surface area (Å²) in [5, 5.41) is 0. The first-order valence-electron chi connectivity index (χ1n) is 6.87. The van der Waals surface area contributed by atoms with E-state index in [1.54, 1.807) is 0 Å². The summed E-state index contributed by atoms with van der Waals surface area (Å²) in [6.07, 6.45) is 12.7. The molecule has 0 amide bonds. The van der Waals surface area contributed by atoms with E-state index in [1.807, 2.05) is 0 Å². The summed E-state index contributed by atoms with van der Waals surface area (Å²) in [5.74, 6) is 0. The van der Waals surface area contributed by atoms with Gasteiger partial charge in [-0.25, -0.2) is 0 Å². The highest BCUT2D eigenvalue weighted by molar-refractivity contribution is 6.92. The Balaban J connectivity index is 0. The van der Waals surface area contributed by atoms with Crippen molar-refractivity contribution in [2.45, 2.75) is 89.9 Å².